The zero-order chi connectivity index (χ0) is 13.8. The number of hydrogen-bond donors (Lipinski definition) is 3. The van der Waals surface area contributed by atoms with Crippen molar-refractivity contribution in [2.24, 2.45) is 0 Å². The van der Waals surface area contributed by atoms with E-state index >= 15 is 0 Å². The maximum atomic E-state index is 11.8. The van der Waals surface area contributed by atoms with Crippen molar-refractivity contribution in [3.63, 3.8) is 0 Å². The van der Waals surface area contributed by atoms with Crippen molar-refractivity contribution in [2.45, 2.75) is 25.4 Å². The molecular formula is C13H15N3O3. The molecule has 6 nitrogen and oxygen atoms in total. The third-order valence-electron chi connectivity index (χ3n) is 2.93. The second-order valence-electron chi connectivity index (χ2n) is 4.42. The van der Waals surface area contributed by atoms with Crippen LogP contribution in [0.2, 0.25) is 0 Å². The largest absolute Gasteiger partial charge is 0.350 e. The Labute approximate surface area is 110 Å². The van der Waals surface area contributed by atoms with Crippen LogP contribution in [0.1, 0.15) is 24.9 Å². The fourth-order valence-corrected chi connectivity index (χ4v) is 1.91. The minimum absolute atomic E-state index is 0.0608. The number of carbonyl (C=O) groups is 3. The quantitative estimate of drug-likeness (QED) is 0.688. The lowest BCUT2D eigenvalue weighted by atomic mass is 10.1. The predicted molar refractivity (Wildman–Crippen MR) is 68.1 cm³/mol. The Hall–Kier alpha value is -2.37. The lowest BCUT2D eigenvalue weighted by molar-refractivity contribution is -0.126. The number of urea groups is 1. The minimum Gasteiger partial charge on any atom is -0.350 e. The topological polar surface area (TPSA) is 87.3 Å². The van der Waals surface area contributed by atoms with Gasteiger partial charge in [-0.3, -0.25) is 14.9 Å². The molecule has 6 heteroatoms. The van der Waals surface area contributed by atoms with E-state index in [2.05, 4.69) is 16.0 Å². The molecule has 0 radical (unpaired) electrons. The molecule has 1 aromatic rings. The first-order valence-corrected chi connectivity index (χ1v) is 6.02. The lowest BCUT2D eigenvalue weighted by Gasteiger charge is -2.15. The summed E-state index contributed by atoms with van der Waals surface area (Å²) >= 11 is 0. The maximum absolute atomic E-state index is 11.8. The summed E-state index contributed by atoms with van der Waals surface area (Å²) in [6, 6.07) is 8.02. The molecule has 1 aliphatic heterocycles. The van der Waals surface area contributed by atoms with Gasteiger partial charge in [0, 0.05) is 0 Å². The van der Waals surface area contributed by atoms with E-state index < -0.39 is 18.0 Å². The first kappa shape index (κ1) is 13.1. The summed E-state index contributed by atoms with van der Waals surface area (Å²) in [4.78, 5) is 34.0. The van der Waals surface area contributed by atoms with Gasteiger partial charge in [0.15, 0.2) is 0 Å². The Morgan fingerprint density at radius 2 is 2.00 bits per heavy atom. The average Bonchev–Trinajstić information content (AvgIpc) is 2.68. The molecule has 4 amide bonds. The van der Waals surface area contributed by atoms with Gasteiger partial charge in [0.05, 0.1) is 12.5 Å². The van der Waals surface area contributed by atoms with Gasteiger partial charge >= 0.3 is 6.03 Å². The van der Waals surface area contributed by atoms with E-state index in [4.69, 9.17) is 0 Å². The highest BCUT2D eigenvalue weighted by atomic mass is 16.2. The molecule has 1 saturated heterocycles. The van der Waals surface area contributed by atoms with Crippen LogP contribution in [0.5, 0.6) is 0 Å². The van der Waals surface area contributed by atoms with Gasteiger partial charge in [-0.25, -0.2) is 4.79 Å². The fourth-order valence-electron chi connectivity index (χ4n) is 1.91. The van der Waals surface area contributed by atoms with Crippen LogP contribution in [0.25, 0.3) is 0 Å². The molecule has 0 saturated carbocycles. The Balaban J connectivity index is 1.88. The van der Waals surface area contributed by atoms with E-state index in [1.54, 1.807) is 0 Å². The molecule has 1 aliphatic rings. The molecule has 0 aliphatic carbocycles. The summed E-state index contributed by atoms with van der Waals surface area (Å²) in [5, 5.41) is 7.26. The molecule has 2 atom stereocenters. The first-order valence-electron chi connectivity index (χ1n) is 6.02. The molecule has 1 fully saturated rings. The standard InChI is InChI=1S/C13H15N3O3/c1-8(9-5-3-2-4-6-9)14-11(17)7-10-12(18)16-13(19)15-10/h2-6,8,10H,7H2,1H3,(H,14,17)(H2,15,16,18,19). The monoisotopic (exact) mass is 261 g/mol. The summed E-state index contributed by atoms with van der Waals surface area (Å²) in [6.45, 7) is 1.86. The van der Waals surface area contributed by atoms with Crippen molar-refractivity contribution in [1.29, 1.82) is 0 Å². The number of benzene rings is 1. The maximum Gasteiger partial charge on any atom is 0.322 e. The van der Waals surface area contributed by atoms with Crippen LogP contribution >= 0.6 is 0 Å². The van der Waals surface area contributed by atoms with E-state index in [9.17, 15) is 14.4 Å². The third-order valence-corrected chi connectivity index (χ3v) is 2.93. The predicted octanol–water partition coefficient (Wildman–Crippen LogP) is 0.462. The van der Waals surface area contributed by atoms with Crippen molar-refractivity contribution in [3.05, 3.63) is 35.9 Å². The number of imide groups is 1. The molecule has 0 spiro atoms. The Morgan fingerprint density at radius 3 is 2.58 bits per heavy atom. The lowest BCUT2D eigenvalue weighted by Crippen LogP contribution is -2.37. The van der Waals surface area contributed by atoms with Crippen molar-refractivity contribution in [1.82, 2.24) is 16.0 Å². The summed E-state index contributed by atoms with van der Waals surface area (Å²) in [6.07, 6.45) is -0.0608. The molecule has 2 unspecified atom stereocenters. The number of carbonyl (C=O) groups excluding carboxylic acids is 3. The van der Waals surface area contributed by atoms with E-state index in [1.165, 1.54) is 0 Å². The Kier molecular flexibility index (Phi) is 3.79. The highest BCUT2D eigenvalue weighted by Crippen LogP contribution is 2.11. The molecule has 2 rings (SSSR count). The molecule has 19 heavy (non-hydrogen) atoms. The van der Waals surface area contributed by atoms with Gasteiger partial charge in [-0.2, -0.15) is 0 Å². The van der Waals surface area contributed by atoms with Crippen LogP contribution in [0.3, 0.4) is 0 Å². The number of hydrogen-bond acceptors (Lipinski definition) is 3. The second-order valence-corrected chi connectivity index (χ2v) is 4.42. The van der Waals surface area contributed by atoms with Crippen LogP contribution in [0, 0.1) is 0 Å². The van der Waals surface area contributed by atoms with E-state index in [0.717, 1.165) is 5.56 Å². The smallest absolute Gasteiger partial charge is 0.322 e. The van der Waals surface area contributed by atoms with Crippen molar-refractivity contribution < 1.29 is 14.4 Å². The van der Waals surface area contributed by atoms with Crippen LogP contribution in [0.4, 0.5) is 4.79 Å². The molecule has 1 aromatic carbocycles. The van der Waals surface area contributed by atoms with Gasteiger partial charge in [0.1, 0.15) is 6.04 Å². The summed E-state index contributed by atoms with van der Waals surface area (Å²) in [5.74, 6) is -0.744. The normalized spacial score (nSPS) is 19.5. The van der Waals surface area contributed by atoms with Crippen molar-refractivity contribution in [3.8, 4) is 0 Å². The first-order chi connectivity index (χ1) is 9.06. The molecule has 1 heterocycles. The highest BCUT2D eigenvalue weighted by Gasteiger charge is 2.31. The molecule has 100 valence electrons. The number of amides is 4. The fraction of sp³-hybridized carbons (Fsp3) is 0.308. The van der Waals surface area contributed by atoms with Crippen LogP contribution in [-0.2, 0) is 9.59 Å². The van der Waals surface area contributed by atoms with Gasteiger partial charge in [-0.15, -0.1) is 0 Å². The Morgan fingerprint density at radius 1 is 1.32 bits per heavy atom. The van der Waals surface area contributed by atoms with Crippen LogP contribution < -0.4 is 16.0 Å². The van der Waals surface area contributed by atoms with Gasteiger partial charge in [-0.1, -0.05) is 30.3 Å². The van der Waals surface area contributed by atoms with Crippen molar-refractivity contribution in [2.75, 3.05) is 0 Å². The van der Waals surface area contributed by atoms with E-state index in [-0.39, 0.29) is 18.4 Å². The third kappa shape index (κ3) is 3.31. The van der Waals surface area contributed by atoms with Gasteiger partial charge in [0.25, 0.3) is 5.91 Å². The van der Waals surface area contributed by atoms with E-state index in [1.807, 2.05) is 37.3 Å². The SMILES string of the molecule is CC(NC(=O)CC1NC(=O)NC1=O)c1ccccc1. The molecule has 0 aromatic heterocycles. The van der Waals surface area contributed by atoms with Crippen molar-refractivity contribution >= 4 is 17.8 Å². The van der Waals surface area contributed by atoms with E-state index in [0.29, 0.717) is 0 Å². The van der Waals surface area contributed by atoms with Gasteiger partial charge in [0.2, 0.25) is 5.91 Å². The van der Waals surface area contributed by atoms with Gasteiger partial charge in [-0.05, 0) is 12.5 Å². The number of rotatable bonds is 4. The summed E-state index contributed by atoms with van der Waals surface area (Å²) < 4.78 is 0. The average molecular weight is 261 g/mol. The van der Waals surface area contributed by atoms with Crippen LogP contribution in [-0.4, -0.2) is 23.9 Å². The second kappa shape index (κ2) is 5.51. The molecule has 3 N–H and O–H groups in total. The zero-order valence-corrected chi connectivity index (χ0v) is 10.5. The Bertz CT molecular complexity index is 501. The van der Waals surface area contributed by atoms with Gasteiger partial charge < -0.3 is 10.6 Å². The van der Waals surface area contributed by atoms with Crippen LogP contribution in [0.15, 0.2) is 30.3 Å². The summed E-state index contributed by atoms with van der Waals surface area (Å²) in [5.41, 5.74) is 0.982. The molecule has 0 bridgehead atoms. The highest BCUT2D eigenvalue weighted by molar-refractivity contribution is 6.05. The number of nitrogens with one attached hydrogen (secondary N) is 3. The summed E-state index contributed by atoms with van der Waals surface area (Å²) in [7, 11) is 0. The zero-order valence-electron chi connectivity index (χ0n) is 10.5. The molecular weight excluding hydrogens is 246 g/mol. The minimum atomic E-state index is -0.782.